The SMILES string of the molecule is C=CCNc1nc(N2CCOCC2)c2cnn(C)c2n1. The molecule has 7 heteroatoms. The average Bonchev–Trinajstić information content (AvgIpc) is 2.87. The van der Waals surface area contributed by atoms with Crippen LogP contribution in [0.25, 0.3) is 11.0 Å². The maximum atomic E-state index is 5.40. The predicted octanol–water partition coefficient (Wildman–Crippen LogP) is 0.798. The molecule has 106 valence electrons. The summed E-state index contributed by atoms with van der Waals surface area (Å²) in [6, 6.07) is 0. The summed E-state index contributed by atoms with van der Waals surface area (Å²) in [7, 11) is 1.88. The predicted molar refractivity (Wildman–Crippen MR) is 78.0 cm³/mol. The molecule has 0 aromatic carbocycles. The first kappa shape index (κ1) is 12.9. The van der Waals surface area contributed by atoms with E-state index in [0.29, 0.717) is 12.5 Å². The van der Waals surface area contributed by atoms with Crippen LogP contribution < -0.4 is 10.2 Å². The van der Waals surface area contributed by atoms with Crippen LogP contribution in [-0.2, 0) is 11.8 Å². The Hall–Kier alpha value is -2.15. The van der Waals surface area contributed by atoms with Gasteiger partial charge in [0.25, 0.3) is 0 Å². The highest BCUT2D eigenvalue weighted by molar-refractivity contribution is 5.88. The number of anilines is 2. The number of fused-ring (bicyclic) bond motifs is 1. The number of nitrogens with one attached hydrogen (secondary N) is 1. The van der Waals surface area contributed by atoms with Crippen LogP contribution in [0.3, 0.4) is 0 Å². The van der Waals surface area contributed by atoms with Crippen molar-refractivity contribution in [3.8, 4) is 0 Å². The first-order valence-electron chi connectivity index (χ1n) is 6.67. The van der Waals surface area contributed by atoms with Gasteiger partial charge in [-0.05, 0) is 0 Å². The summed E-state index contributed by atoms with van der Waals surface area (Å²) in [4.78, 5) is 11.3. The molecule has 1 N–H and O–H groups in total. The average molecular weight is 274 g/mol. The van der Waals surface area contributed by atoms with Gasteiger partial charge < -0.3 is 15.0 Å². The Morgan fingerprint density at radius 1 is 1.40 bits per heavy atom. The molecule has 0 unspecified atom stereocenters. The second-order valence-electron chi connectivity index (χ2n) is 4.65. The van der Waals surface area contributed by atoms with Crippen LogP contribution in [0, 0.1) is 0 Å². The molecule has 3 heterocycles. The first-order valence-corrected chi connectivity index (χ1v) is 6.67. The Labute approximate surface area is 117 Å². The summed E-state index contributed by atoms with van der Waals surface area (Å²) in [5.41, 5.74) is 0.827. The summed E-state index contributed by atoms with van der Waals surface area (Å²) in [6.45, 7) is 7.44. The summed E-state index contributed by atoms with van der Waals surface area (Å²) < 4.78 is 7.16. The summed E-state index contributed by atoms with van der Waals surface area (Å²) in [5, 5.41) is 8.40. The number of hydrogen-bond acceptors (Lipinski definition) is 6. The topological polar surface area (TPSA) is 68.1 Å². The second kappa shape index (κ2) is 5.46. The molecule has 0 atom stereocenters. The largest absolute Gasteiger partial charge is 0.378 e. The molecular weight excluding hydrogens is 256 g/mol. The van der Waals surface area contributed by atoms with Gasteiger partial charge in [0.15, 0.2) is 5.65 Å². The third kappa shape index (κ3) is 2.32. The van der Waals surface area contributed by atoms with Crippen molar-refractivity contribution in [2.45, 2.75) is 0 Å². The van der Waals surface area contributed by atoms with E-state index in [0.717, 1.165) is 43.2 Å². The van der Waals surface area contributed by atoms with E-state index in [2.05, 4.69) is 31.9 Å². The lowest BCUT2D eigenvalue weighted by Gasteiger charge is -2.28. The highest BCUT2D eigenvalue weighted by atomic mass is 16.5. The van der Waals surface area contributed by atoms with Gasteiger partial charge in [-0.15, -0.1) is 6.58 Å². The molecule has 1 fully saturated rings. The third-order valence-electron chi connectivity index (χ3n) is 3.29. The summed E-state index contributed by atoms with van der Waals surface area (Å²) >= 11 is 0. The van der Waals surface area contributed by atoms with Crippen LogP contribution in [0.5, 0.6) is 0 Å². The fourth-order valence-corrected chi connectivity index (χ4v) is 2.27. The molecule has 0 spiro atoms. The van der Waals surface area contributed by atoms with E-state index in [1.165, 1.54) is 0 Å². The van der Waals surface area contributed by atoms with Gasteiger partial charge in [-0.25, -0.2) is 0 Å². The van der Waals surface area contributed by atoms with E-state index in [1.54, 1.807) is 10.8 Å². The van der Waals surface area contributed by atoms with Crippen LogP contribution in [0.1, 0.15) is 0 Å². The highest BCUT2D eigenvalue weighted by Gasteiger charge is 2.19. The molecule has 2 aromatic rings. The van der Waals surface area contributed by atoms with Gasteiger partial charge in [0.1, 0.15) is 5.82 Å². The molecule has 0 saturated carbocycles. The minimum atomic E-state index is 0.600. The molecule has 3 rings (SSSR count). The number of rotatable bonds is 4. The third-order valence-corrected chi connectivity index (χ3v) is 3.29. The smallest absolute Gasteiger partial charge is 0.226 e. The van der Waals surface area contributed by atoms with Gasteiger partial charge >= 0.3 is 0 Å². The molecule has 1 saturated heterocycles. The van der Waals surface area contributed by atoms with Crippen molar-refractivity contribution in [3.05, 3.63) is 18.9 Å². The Balaban J connectivity index is 2.04. The number of nitrogens with zero attached hydrogens (tertiary/aromatic N) is 5. The van der Waals surface area contributed by atoms with Crippen LogP contribution >= 0.6 is 0 Å². The Morgan fingerprint density at radius 2 is 2.20 bits per heavy atom. The van der Waals surface area contributed by atoms with E-state index in [4.69, 9.17) is 4.74 Å². The van der Waals surface area contributed by atoms with Gasteiger partial charge in [-0.3, -0.25) is 4.68 Å². The van der Waals surface area contributed by atoms with Crippen molar-refractivity contribution in [2.24, 2.45) is 7.05 Å². The minimum absolute atomic E-state index is 0.600. The molecule has 1 aliphatic rings. The molecule has 20 heavy (non-hydrogen) atoms. The maximum absolute atomic E-state index is 5.40. The quantitative estimate of drug-likeness (QED) is 0.832. The Bertz CT molecular complexity index is 617. The van der Waals surface area contributed by atoms with E-state index < -0.39 is 0 Å². The van der Waals surface area contributed by atoms with Crippen molar-refractivity contribution >= 4 is 22.8 Å². The number of aromatic nitrogens is 4. The number of hydrogen-bond donors (Lipinski definition) is 1. The fraction of sp³-hybridized carbons (Fsp3) is 0.462. The zero-order chi connectivity index (χ0) is 13.9. The van der Waals surface area contributed by atoms with E-state index in [-0.39, 0.29) is 0 Å². The van der Waals surface area contributed by atoms with Gasteiger partial charge in [0.2, 0.25) is 5.95 Å². The minimum Gasteiger partial charge on any atom is -0.378 e. The van der Waals surface area contributed by atoms with Gasteiger partial charge in [-0.1, -0.05) is 6.08 Å². The lowest BCUT2D eigenvalue weighted by Crippen LogP contribution is -2.37. The van der Waals surface area contributed by atoms with Gasteiger partial charge in [0.05, 0.1) is 24.8 Å². The normalized spacial score (nSPS) is 15.6. The lowest BCUT2D eigenvalue weighted by molar-refractivity contribution is 0.122. The monoisotopic (exact) mass is 274 g/mol. The second-order valence-corrected chi connectivity index (χ2v) is 4.65. The number of aryl methyl sites for hydroxylation is 1. The van der Waals surface area contributed by atoms with Crippen LogP contribution in [0.4, 0.5) is 11.8 Å². The Morgan fingerprint density at radius 3 is 2.95 bits per heavy atom. The molecule has 0 radical (unpaired) electrons. The number of morpholine rings is 1. The Kier molecular flexibility index (Phi) is 3.51. The molecule has 0 bridgehead atoms. The number of ether oxygens (including phenoxy) is 1. The van der Waals surface area contributed by atoms with Crippen LogP contribution in [0.2, 0.25) is 0 Å². The van der Waals surface area contributed by atoms with Gasteiger partial charge in [-0.2, -0.15) is 15.1 Å². The van der Waals surface area contributed by atoms with Crippen molar-refractivity contribution in [2.75, 3.05) is 43.1 Å². The van der Waals surface area contributed by atoms with E-state index >= 15 is 0 Å². The standard InChI is InChI=1S/C13H18N6O/c1-3-4-14-13-16-11-10(9-15-18(11)2)12(17-13)19-5-7-20-8-6-19/h3,9H,1,4-8H2,2H3,(H,14,16,17). The van der Waals surface area contributed by atoms with Crippen LogP contribution in [0.15, 0.2) is 18.9 Å². The van der Waals surface area contributed by atoms with Crippen molar-refractivity contribution < 1.29 is 4.74 Å². The summed E-state index contributed by atoms with van der Waals surface area (Å²) in [5.74, 6) is 1.51. The molecule has 2 aromatic heterocycles. The highest BCUT2D eigenvalue weighted by Crippen LogP contribution is 2.25. The fourth-order valence-electron chi connectivity index (χ4n) is 2.27. The maximum Gasteiger partial charge on any atom is 0.226 e. The van der Waals surface area contributed by atoms with Crippen molar-refractivity contribution in [3.63, 3.8) is 0 Å². The van der Waals surface area contributed by atoms with Gasteiger partial charge in [0, 0.05) is 26.7 Å². The van der Waals surface area contributed by atoms with Crippen molar-refractivity contribution in [1.82, 2.24) is 19.7 Å². The molecule has 1 aliphatic heterocycles. The molecular formula is C13H18N6O. The van der Waals surface area contributed by atoms with E-state index in [1.807, 2.05) is 13.2 Å². The zero-order valence-electron chi connectivity index (χ0n) is 11.5. The molecule has 0 amide bonds. The first-order chi connectivity index (χ1) is 9.79. The van der Waals surface area contributed by atoms with Crippen LogP contribution in [-0.4, -0.2) is 52.6 Å². The molecule has 7 nitrogen and oxygen atoms in total. The van der Waals surface area contributed by atoms with E-state index in [9.17, 15) is 0 Å². The summed E-state index contributed by atoms with van der Waals surface area (Å²) in [6.07, 6.45) is 3.60. The zero-order valence-corrected chi connectivity index (χ0v) is 11.5. The van der Waals surface area contributed by atoms with Crippen molar-refractivity contribution in [1.29, 1.82) is 0 Å². The molecule has 0 aliphatic carbocycles. The lowest BCUT2D eigenvalue weighted by atomic mass is 10.3.